The predicted octanol–water partition coefficient (Wildman–Crippen LogP) is 2.70. The molecule has 76 valence electrons. The molecule has 1 aromatic carbocycles. The van der Waals surface area contributed by atoms with Gasteiger partial charge in [0, 0.05) is 0 Å². The van der Waals surface area contributed by atoms with Gasteiger partial charge in [-0.3, -0.25) is 0 Å². The average molecular weight is 307 g/mol. The number of nitro benzene ring substituents is 1. The minimum absolute atomic E-state index is 0.106. The second kappa shape index (κ2) is 5.33. The first-order valence-corrected chi connectivity index (χ1v) is 8.07. The molecule has 0 spiro atoms. The summed E-state index contributed by atoms with van der Waals surface area (Å²) >= 11 is 0.106. The summed E-state index contributed by atoms with van der Waals surface area (Å²) in [6.07, 6.45) is 1.05. The van der Waals surface area contributed by atoms with Gasteiger partial charge in [-0.25, -0.2) is 0 Å². The Kier molecular flexibility index (Phi) is 4.37. The van der Waals surface area contributed by atoms with Crippen molar-refractivity contribution in [2.45, 2.75) is 22.3 Å². The molecule has 14 heavy (non-hydrogen) atoms. The van der Waals surface area contributed by atoms with Crippen molar-refractivity contribution in [2.75, 3.05) is 0 Å². The van der Waals surface area contributed by atoms with Gasteiger partial charge in [0.15, 0.2) is 0 Å². The van der Waals surface area contributed by atoms with Crippen molar-refractivity contribution in [1.29, 1.82) is 0 Å². The molecule has 0 aliphatic rings. The summed E-state index contributed by atoms with van der Waals surface area (Å²) in [6, 6.07) is 6.88. The quantitative estimate of drug-likeness (QED) is 0.488. The molecule has 0 radical (unpaired) electrons. The van der Waals surface area contributed by atoms with E-state index >= 15 is 0 Å². The number of hydrogen-bond donors (Lipinski definition) is 0. The van der Waals surface area contributed by atoms with E-state index in [1.807, 2.05) is 12.1 Å². The molecule has 0 saturated heterocycles. The third-order valence-corrected chi connectivity index (χ3v) is 4.85. The van der Waals surface area contributed by atoms with Crippen LogP contribution in [0.4, 0.5) is 5.69 Å². The van der Waals surface area contributed by atoms with Gasteiger partial charge >= 0.3 is 93.8 Å². The van der Waals surface area contributed by atoms with Gasteiger partial charge in [0.2, 0.25) is 0 Å². The minimum atomic E-state index is -0.360. The van der Waals surface area contributed by atoms with Gasteiger partial charge in [0.1, 0.15) is 0 Å². The molecule has 0 bridgehead atoms. The molecule has 0 aliphatic carbocycles. The van der Waals surface area contributed by atoms with Gasteiger partial charge < -0.3 is 0 Å². The number of nitrogens with zero attached hydrogens (tertiary/aromatic N) is 1. The second-order valence-corrected chi connectivity index (χ2v) is 6.82. The van der Waals surface area contributed by atoms with E-state index in [1.165, 1.54) is 5.56 Å². The van der Waals surface area contributed by atoms with E-state index in [0.717, 1.165) is 10.4 Å². The van der Waals surface area contributed by atoms with Crippen LogP contribution in [0.15, 0.2) is 24.3 Å². The normalized spacial score (nSPS) is 12.4. The number of hydrogen-bond acceptors (Lipinski definition) is 2. The molecule has 4 heteroatoms. The third-order valence-electron chi connectivity index (χ3n) is 2.07. The molecule has 0 aliphatic heterocycles. The van der Waals surface area contributed by atoms with Crippen LogP contribution in [0, 0.1) is 10.1 Å². The van der Waals surface area contributed by atoms with E-state index in [1.54, 1.807) is 12.1 Å². The maximum absolute atomic E-state index is 10.4. The van der Waals surface area contributed by atoms with Crippen LogP contribution in [-0.2, 0) is 6.42 Å². The molecule has 1 atom stereocenters. The van der Waals surface area contributed by atoms with Crippen LogP contribution >= 0.6 is 0 Å². The molecule has 0 fully saturated rings. The van der Waals surface area contributed by atoms with Crippen molar-refractivity contribution in [3.05, 3.63) is 39.9 Å². The molecular weight excluding hydrogens is 294 g/mol. The van der Waals surface area contributed by atoms with Crippen molar-refractivity contribution in [2.24, 2.45) is 0 Å². The first-order valence-electron chi connectivity index (χ1n) is 4.39. The number of benzene rings is 1. The molecule has 3 nitrogen and oxygen atoms in total. The topological polar surface area (TPSA) is 43.1 Å². The van der Waals surface area contributed by atoms with E-state index in [9.17, 15) is 10.1 Å². The molecule has 1 unspecified atom stereocenters. The Morgan fingerprint density at radius 2 is 2.00 bits per heavy atom. The summed E-state index contributed by atoms with van der Waals surface area (Å²) in [5, 5.41) is 10.4. The first-order chi connectivity index (χ1) is 6.63. The summed E-state index contributed by atoms with van der Waals surface area (Å²) in [4.78, 5) is 12.3. The molecular formula is C10H13NO2Te. The van der Waals surface area contributed by atoms with Crippen LogP contribution in [0.5, 0.6) is 0 Å². The summed E-state index contributed by atoms with van der Waals surface area (Å²) in [6.45, 7) is 2.24. The van der Waals surface area contributed by atoms with Gasteiger partial charge in [-0.2, -0.15) is 0 Å². The molecule has 1 rings (SSSR count). The van der Waals surface area contributed by atoms with Crippen LogP contribution in [0.3, 0.4) is 0 Å². The van der Waals surface area contributed by atoms with Crippen LogP contribution in [0.2, 0.25) is 8.94 Å². The first kappa shape index (κ1) is 11.5. The Hall–Kier alpha value is -0.590. The fourth-order valence-corrected chi connectivity index (χ4v) is 2.19. The van der Waals surface area contributed by atoms with Gasteiger partial charge in [-0.05, 0) is 0 Å². The Morgan fingerprint density at radius 3 is 2.43 bits per heavy atom. The standard InChI is InChI=1S/C10H13NO2Te/c1-8(14-2)7-9-3-5-10(6-4-9)11(12)13/h3-6,8H,7H2,1-2H3. The van der Waals surface area contributed by atoms with E-state index < -0.39 is 0 Å². The van der Waals surface area contributed by atoms with Crippen molar-refractivity contribution >= 4 is 26.6 Å². The fraction of sp³-hybridized carbons (Fsp3) is 0.400. The Bertz CT molecular complexity index is 310. The van der Waals surface area contributed by atoms with Gasteiger partial charge in [-0.15, -0.1) is 0 Å². The monoisotopic (exact) mass is 309 g/mol. The van der Waals surface area contributed by atoms with Crippen LogP contribution < -0.4 is 0 Å². The molecule has 0 heterocycles. The zero-order chi connectivity index (χ0) is 10.6. The van der Waals surface area contributed by atoms with Crippen LogP contribution in [0.1, 0.15) is 12.5 Å². The number of nitro groups is 1. The average Bonchev–Trinajstić information content (AvgIpc) is 2.18. The summed E-state index contributed by atoms with van der Waals surface area (Å²) < 4.78 is 0.766. The zero-order valence-corrected chi connectivity index (χ0v) is 10.6. The van der Waals surface area contributed by atoms with Crippen molar-refractivity contribution < 1.29 is 4.92 Å². The van der Waals surface area contributed by atoms with Gasteiger partial charge in [0.05, 0.1) is 0 Å². The third kappa shape index (κ3) is 3.28. The SMILES string of the molecule is C[Te]C(C)Cc1ccc([N+](=O)[O-])cc1. The molecule has 0 amide bonds. The van der Waals surface area contributed by atoms with Crippen LogP contribution in [-0.4, -0.2) is 25.8 Å². The Balaban J connectivity index is 2.68. The zero-order valence-electron chi connectivity index (χ0n) is 8.27. The summed E-state index contributed by atoms with van der Waals surface area (Å²) in [5.41, 5.74) is 1.38. The molecule has 0 N–H and O–H groups in total. The maximum atomic E-state index is 10.4. The second-order valence-electron chi connectivity index (χ2n) is 3.17. The predicted molar refractivity (Wildman–Crippen MR) is 57.8 cm³/mol. The summed E-state index contributed by atoms with van der Waals surface area (Å²) in [7, 11) is 0. The number of non-ortho nitro benzene ring substituents is 1. The van der Waals surface area contributed by atoms with Crippen molar-refractivity contribution in [3.8, 4) is 0 Å². The number of rotatable bonds is 4. The molecule has 1 aromatic rings. The van der Waals surface area contributed by atoms with Crippen molar-refractivity contribution in [1.82, 2.24) is 0 Å². The summed E-state index contributed by atoms with van der Waals surface area (Å²) in [5.74, 6) is 0. The van der Waals surface area contributed by atoms with Gasteiger partial charge in [0.25, 0.3) is 0 Å². The van der Waals surface area contributed by atoms with Gasteiger partial charge in [-0.1, -0.05) is 0 Å². The van der Waals surface area contributed by atoms with Crippen LogP contribution in [0.25, 0.3) is 0 Å². The molecule has 0 aromatic heterocycles. The molecule has 0 saturated carbocycles. The fourth-order valence-electron chi connectivity index (χ4n) is 1.17. The Morgan fingerprint density at radius 1 is 1.43 bits per heavy atom. The van der Waals surface area contributed by atoms with E-state index in [0.29, 0.717) is 0 Å². The van der Waals surface area contributed by atoms with E-state index in [4.69, 9.17) is 0 Å². The van der Waals surface area contributed by atoms with E-state index in [-0.39, 0.29) is 31.5 Å². The van der Waals surface area contributed by atoms with E-state index in [2.05, 4.69) is 11.9 Å². The van der Waals surface area contributed by atoms with Crippen molar-refractivity contribution in [3.63, 3.8) is 0 Å². The Labute approximate surface area is 93.7 Å².